The Labute approximate surface area is 179 Å². The highest BCUT2D eigenvalue weighted by Crippen LogP contribution is 2.22. The number of thioether (sulfide) groups is 1. The molecule has 1 saturated heterocycles. The van der Waals surface area contributed by atoms with Crippen LogP contribution >= 0.6 is 47.1 Å². The Morgan fingerprint density at radius 1 is 1.54 bits per heavy atom. The second-order valence-electron chi connectivity index (χ2n) is 5.73. The number of ether oxygens (including phenoxy) is 1. The quantitative estimate of drug-likeness (QED) is 0.213. The van der Waals surface area contributed by atoms with Crippen LogP contribution < -0.4 is 5.32 Å². The molecule has 1 aliphatic rings. The highest BCUT2D eigenvalue weighted by atomic mass is 127. The van der Waals surface area contributed by atoms with Crippen molar-refractivity contribution >= 4 is 53.0 Å². The molecule has 10 heteroatoms. The van der Waals surface area contributed by atoms with Gasteiger partial charge in [0.25, 0.3) is 0 Å². The molecule has 1 N–H and O–H groups in total. The lowest BCUT2D eigenvalue weighted by molar-refractivity contribution is -0.00801. The summed E-state index contributed by atoms with van der Waals surface area (Å²) in [6.07, 6.45) is 6.85. The van der Waals surface area contributed by atoms with E-state index in [0.29, 0.717) is 6.61 Å². The Morgan fingerprint density at radius 3 is 3.12 bits per heavy atom. The molecule has 3 heterocycles. The number of nitrogens with one attached hydrogen (secondary N) is 1. The maximum absolute atomic E-state index is 5.90. The minimum absolute atomic E-state index is 0. The van der Waals surface area contributed by atoms with Crippen molar-refractivity contribution in [3.8, 4) is 0 Å². The molecule has 0 bridgehead atoms. The maximum Gasteiger partial charge on any atom is 0.193 e. The number of morpholine rings is 1. The minimum Gasteiger partial charge on any atom is -0.370 e. The van der Waals surface area contributed by atoms with Crippen molar-refractivity contribution < 1.29 is 4.74 Å². The predicted octanol–water partition coefficient (Wildman–Crippen LogP) is 2.63. The Kier molecular flexibility index (Phi) is 9.16. The Balaban J connectivity index is 0.00000243. The molecule has 1 atom stereocenters. The molecule has 1 unspecified atom stereocenters. The van der Waals surface area contributed by atoms with E-state index in [0.717, 1.165) is 47.7 Å². The third kappa shape index (κ3) is 6.10. The molecule has 0 radical (unpaired) electrons. The van der Waals surface area contributed by atoms with E-state index in [1.807, 2.05) is 42.7 Å². The third-order valence-corrected chi connectivity index (χ3v) is 5.97. The monoisotopic (exact) mass is 508 g/mol. The van der Waals surface area contributed by atoms with Crippen LogP contribution in [0, 0.1) is 0 Å². The lowest BCUT2D eigenvalue weighted by Gasteiger charge is -2.34. The van der Waals surface area contributed by atoms with Gasteiger partial charge < -0.3 is 15.0 Å². The largest absolute Gasteiger partial charge is 0.370 e. The van der Waals surface area contributed by atoms with Gasteiger partial charge in [0.15, 0.2) is 5.96 Å². The lowest BCUT2D eigenvalue weighted by atomic mass is 10.1. The normalized spacial score (nSPS) is 17.8. The number of halogens is 1. The second-order valence-corrected chi connectivity index (χ2v) is 7.96. The molecule has 2 aromatic rings. The van der Waals surface area contributed by atoms with Crippen LogP contribution in [0.2, 0.25) is 0 Å². The van der Waals surface area contributed by atoms with Crippen LogP contribution in [0.4, 0.5) is 0 Å². The van der Waals surface area contributed by atoms with Gasteiger partial charge in [-0.25, -0.2) is 4.98 Å². The average molecular weight is 508 g/mol. The molecule has 0 spiro atoms. The summed E-state index contributed by atoms with van der Waals surface area (Å²) in [6, 6.07) is 0. The Hall–Kier alpha value is -0.850. The molecule has 7 nitrogen and oxygen atoms in total. The van der Waals surface area contributed by atoms with E-state index in [4.69, 9.17) is 4.74 Å². The number of aryl methyl sites for hydroxylation is 1. The molecule has 3 rings (SSSR count). The van der Waals surface area contributed by atoms with Crippen molar-refractivity contribution in [3.63, 3.8) is 0 Å². The van der Waals surface area contributed by atoms with Crippen molar-refractivity contribution in [2.45, 2.75) is 16.9 Å². The van der Waals surface area contributed by atoms with E-state index in [9.17, 15) is 0 Å². The molecule has 144 valence electrons. The zero-order valence-electron chi connectivity index (χ0n) is 15.0. The molecule has 0 aliphatic carbocycles. The summed E-state index contributed by atoms with van der Waals surface area (Å²) < 4.78 is 8.85. The van der Waals surface area contributed by atoms with Crippen LogP contribution in [0.5, 0.6) is 0 Å². The molecular weight excluding hydrogens is 483 g/mol. The molecule has 2 aromatic heterocycles. The van der Waals surface area contributed by atoms with Crippen LogP contribution in [0.3, 0.4) is 0 Å². The van der Waals surface area contributed by atoms with Gasteiger partial charge in [-0.05, 0) is 6.42 Å². The van der Waals surface area contributed by atoms with Gasteiger partial charge in [0.1, 0.15) is 10.4 Å². The number of aromatic nitrogens is 3. The summed E-state index contributed by atoms with van der Waals surface area (Å²) in [6.45, 7) is 3.24. The zero-order chi connectivity index (χ0) is 17.5. The number of thiazole rings is 1. The van der Waals surface area contributed by atoms with Crippen LogP contribution in [-0.2, 0) is 11.8 Å². The first-order chi connectivity index (χ1) is 12.3. The fourth-order valence-electron chi connectivity index (χ4n) is 2.70. The summed E-state index contributed by atoms with van der Waals surface area (Å²) in [5.74, 6) is 2.00. The van der Waals surface area contributed by atoms with Gasteiger partial charge >= 0.3 is 0 Å². The van der Waals surface area contributed by atoms with E-state index in [-0.39, 0.29) is 30.1 Å². The molecule has 26 heavy (non-hydrogen) atoms. The van der Waals surface area contributed by atoms with Crippen molar-refractivity contribution in [2.75, 3.05) is 39.0 Å². The van der Waals surface area contributed by atoms with E-state index in [2.05, 4.69) is 25.3 Å². The highest BCUT2D eigenvalue weighted by Gasteiger charge is 2.24. The first-order valence-corrected chi connectivity index (χ1v) is 10.2. The van der Waals surface area contributed by atoms with E-state index in [1.54, 1.807) is 23.1 Å². The van der Waals surface area contributed by atoms with E-state index >= 15 is 0 Å². The van der Waals surface area contributed by atoms with E-state index in [1.165, 1.54) is 0 Å². The number of hydrogen-bond donors (Lipinski definition) is 1. The summed E-state index contributed by atoms with van der Waals surface area (Å²) >= 11 is 3.50. The summed E-state index contributed by atoms with van der Waals surface area (Å²) in [4.78, 5) is 11.0. The van der Waals surface area contributed by atoms with Crippen molar-refractivity contribution in [2.24, 2.45) is 12.0 Å². The van der Waals surface area contributed by atoms with Gasteiger partial charge in [-0.3, -0.25) is 9.67 Å². The average Bonchev–Trinajstić information content (AvgIpc) is 3.30. The third-order valence-electron chi connectivity index (χ3n) is 3.91. The minimum atomic E-state index is 0. The summed E-state index contributed by atoms with van der Waals surface area (Å²) in [5, 5.41) is 9.72. The van der Waals surface area contributed by atoms with Gasteiger partial charge in [0.2, 0.25) is 0 Å². The smallest absolute Gasteiger partial charge is 0.193 e. The van der Waals surface area contributed by atoms with Crippen LogP contribution in [0.15, 0.2) is 33.3 Å². The van der Waals surface area contributed by atoms with Crippen molar-refractivity contribution in [1.82, 2.24) is 25.0 Å². The van der Waals surface area contributed by atoms with Gasteiger partial charge in [0, 0.05) is 56.3 Å². The van der Waals surface area contributed by atoms with Crippen LogP contribution in [0.1, 0.15) is 18.1 Å². The fourth-order valence-corrected chi connectivity index (χ4v) is 4.34. The molecule has 0 aromatic carbocycles. The van der Waals surface area contributed by atoms with Crippen LogP contribution in [-0.4, -0.2) is 64.7 Å². The van der Waals surface area contributed by atoms with Gasteiger partial charge in [-0.15, -0.1) is 35.3 Å². The Morgan fingerprint density at radius 2 is 2.42 bits per heavy atom. The van der Waals surface area contributed by atoms with Crippen molar-refractivity contribution in [3.05, 3.63) is 29.5 Å². The lowest BCUT2D eigenvalue weighted by Crippen LogP contribution is -2.48. The van der Waals surface area contributed by atoms with Gasteiger partial charge in [-0.2, -0.15) is 5.10 Å². The number of rotatable bonds is 6. The first kappa shape index (κ1) is 21.5. The standard InChI is InChI=1S/C16H24N6OS2.HI/c1-17-15(18-4-3-8-24-16-19-5-9-25-16)22-6-7-23-14(12-22)13-10-20-21(2)11-13;/h5,9-11,14H,3-4,6-8,12H2,1-2H3,(H,17,18);1H. The van der Waals surface area contributed by atoms with Crippen molar-refractivity contribution in [1.29, 1.82) is 0 Å². The van der Waals surface area contributed by atoms with Gasteiger partial charge in [0.05, 0.1) is 19.3 Å². The molecule has 1 aliphatic heterocycles. The number of aliphatic imine (C=N–C) groups is 1. The molecule has 0 saturated carbocycles. The van der Waals surface area contributed by atoms with Gasteiger partial charge in [-0.1, -0.05) is 11.8 Å². The number of nitrogens with zero attached hydrogens (tertiary/aromatic N) is 5. The Bertz CT molecular complexity index is 678. The molecule has 0 amide bonds. The topological polar surface area (TPSA) is 67.6 Å². The van der Waals surface area contributed by atoms with E-state index < -0.39 is 0 Å². The SMILES string of the molecule is CN=C(NCCCSc1nccs1)N1CCOC(c2cnn(C)c2)C1.I. The highest BCUT2D eigenvalue weighted by molar-refractivity contribution is 14.0. The number of guanidine groups is 1. The molecule has 1 fully saturated rings. The maximum atomic E-state index is 5.90. The summed E-state index contributed by atoms with van der Waals surface area (Å²) in [7, 11) is 3.76. The van der Waals surface area contributed by atoms with Crippen LogP contribution in [0.25, 0.3) is 0 Å². The summed E-state index contributed by atoms with van der Waals surface area (Å²) in [5.41, 5.74) is 1.11. The predicted molar refractivity (Wildman–Crippen MR) is 118 cm³/mol. The zero-order valence-corrected chi connectivity index (χ0v) is 19.0. The molecular formula is C16H25IN6OS2. The second kappa shape index (κ2) is 11.1. The fraction of sp³-hybridized carbons (Fsp3) is 0.562. The number of hydrogen-bond acceptors (Lipinski definition) is 6. The first-order valence-electron chi connectivity index (χ1n) is 8.34.